The molecule has 0 aliphatic carbocycles. The fourth-order valence-electron chi connectivity index (χ4n) is 1.15. The molecule has 1 aromatic heterocycles. The molecule has 5 heteroatoms. The van der Waals surface area contributed by atoms with Crippen LogP contribution >= 0.6 is 11.8 Å². The highest BCUT2D eigenvalue weighted by Crippen LogP contribution is 2.31. The van der Waals surface area contributed by atoms with Gasteiger partial charge in [0.15, 0.2) is 5.17 Å². The van der Waals surface area contributed by atoms with Crippen LogP contribution in [0.15, 0.2) is 29.5 Å². The molecule has 1 aliphatic rings. The highest BCUT2D eigenvalue weighted by Gasteiger charge is 2.37. The van der Waals surface area contributed by atoms with Gasteiger partial charge in [0, 0.05) is 12.4 Å². The van der Waals surface area contributed by atoms with Gasteiger partial charge in [-0.05, 0) is 26.0 Å². The molecule has 2 rings (SSSR count). The fourth-order valence-corrected chi connectivity index (χ4v) is 2.07. The first-order valence-corrected chi connectivity index (χ1v) is 5.39. The number of hydrogen-bond acceptors (Lipinski definition) is 4. The van der Waals surface area contributed by atoms with Crippen LogP contribution in [0.4, 0.5) is 5.69 Å². The molecule has 0 radical (unpaired) electrons. The standard InChI is InChI=1S/C10H11N3OS/c1-10(2)8(14)13-9(15-10)12-7-3-5-11-6-4-7/h3-6H,1-2H3,(H,11,12,13,14). The van der Waals surface area contributed by atoms with Crippen LogP contribution in [-0.2, 0) is 4.79 Å². The predicted octanol–water partition coefficient (Wildman–Crippen LogP) is 1.71. The van der Waals surface area contributed by atoms with Gasteiger partial charge in [-0.25, -0.2) is 4.99 Å². The molecule has 0 saturated carbocycles. The molecule has 1 aliphatic heterocycles. The first-order valence-electron chi connectivity index (χ1n) is 4.57. The van der Waals surface area contributed by atoms with Crippen LogP contribution in [0.2, 0.25) is 0 Å². The average molecular weight is 221 g/mol. The van der Waals surface area contributed by atoms with E-state index in [9.17, 15) is 4.79 Å². The summed E-state index contributed by atoms with van der Waals surface area (Å²) in [5.41, 5.74) is 0.797. The lowest BCUT2D eigenvalue weighted by Crippen LogP contribution is -2.30. The minimum Gasteiger partial charge on any atom is -0.304 e. The molecule has 1 N–H and O–H groups in total. The number of pyridine rings is 1. The van der Waals surface area contributed by atoms with Gasteiger partial charge in [0.2, 0.25) is 5.91 Å². The summed E-state index contributed by atoms with van der Waals surface area (Å²) in [6, 6.07) is 3.59. The third kappa shape index (κ3) is 2.18. The Balaban J connectivity index is 2.22. The number of aromatic nitrogens is 1. The third-order valence-electron chi connectivity index (χ3n) is 2.01. The molecule has 0 aromatic carbocycles. The SMILES string of the molecule is CC1(C)SC(=Nc2ccncc2)NC1=O. The number of hydrogen-bond donors (Lipinski definition) is 1. The predicted molar refractivity (Wildman–Crippen MR) is 61.1 cm³/mol. The molecule has 1 amide bonds. The number of carbonyl (C=O) groups is 1. The number of amidine groups is 1. The molecule has 15 heavy (non-hydrogen) atoms. The van der Waals surface area contributed by atoms with Gasteiger partial charge in [0.05, 0.1) is 10.4 Å². The number of nitrogens with zero attached hydrogens (tertiary/aromatic N) is 2. The van der Waals surface area contributed by atoms with E-state index in [2.05, 4.69) is 15.3 Å². The second-order valence-corrected chi connectivity index (χ2v) is 5.30. The van der Waals surface area contributed by atoms with Crippen LogP contribution in [0.25, 0.3) is 0 Å². The largest absolute Gasteiger partial charge is 0.304 e. The van der Waals surface area contributed by atoms with Crippen molar-refractivity contribution in [1.82, 2.24) is 10.3 Å². The van der Waals surface area contributed by atoms with Crippen molar-refractivity contribution in [2.45, 2.75) is 18.6 Å². The van der Waals surface area contributed by atoms with Gasteiger partial charge >= 0.3 is 0 Å². The van der Waals surface area contributed by atoms with Crippen molar-refractivity contribution < 1.29 is 4.79 Å². The van der Waals surface area contributed by atoms with Crippen LogP contribution < -0.4 is 5.32 Å². The minimum atomic E-state index is -0.425. The van der Waals surface area contributed by atoms with E-state index >= 15 is 0 Å². The maximum atomic E-state index is 11.5. The van der Waals surface area contributed by atoms with E-state index in [1.807, 2.05) is 13.8 Å². The average Bonchev–Trinajstić information content (AvgIpc) is 2.42. The summed E-state index contributed by atoms with van der Waals surface area (Å²) in [5, 5.41) is 3.40. The summed E-state index contributed by atoms with van der Waals surface area (Å²) in [6.45, 7) is 3.75. The summed E-state index contributed by atoms with van der Waals surface area (Å²) in [6.07, 6.45) is 3.35. The second kappa shape index (κ2) is 3.66. The van der Waals surface area contributed by atoms with Crippen LogP contribution in [0, 0.1) is 0 Å². The lowest BCUT2D eigenvalue weighted by atomic mass is 10.2. The van der Waals surface area contributed by atoms with Crippen LogP contribution in [0.1, 0.15) is 13.8 Å². The summed E-state index contributed by atoms with van der Waals surface area (Å²) in [4.78, 5) is 19.7. The van der Waals surface area contributed by atoms with Gasteiger partial charge < -0.3 is 5.32 Å². The normalized spacial score (nSPS) is 21.7. The molecular formula is C10H11N3OS. The maximum absolute atomic E-state index is 11.5. The van der Waals surface area contributed by atoms with E-state index in [0.29, 0.717) is 5.17 Å². The summed E-state index contributed by atoms with van der Waals surface area (Å²) < 4.78 is -0.425. The fraction of sp³-hybridized carbons (Fsp3) is 0.300. The number of carbonyl (C=O) groups excluding carboxylic acids is 1. The van der Waals surface area contributed by atoms with Crippen molar-refractivity contribution in [2.24, 2.45) is 4.99 Å². The molecule has 1 fully saturated rings. The summed E-state index contributed by atoms with van der Waals surface area (Å²) >= 11 is 1.44. The van der Waals surface area contributed by atoms with E-state index < -0.39 is 4.75 Å². The Hall–Kier alpha value is -1.36. The van der Waals surface area contributed by atoms with Gasteiger partial charge in [0.1, 0.15) is 0 Å². The molecule has 2 heterocycles. The number of thioether (sulfide) groups is 1. The van der Waals surface area contributed by atoms with Gasteiger partial charge in [0.25, 0.3) is 0 Å². The molecule has 0 atom stereocenters. The lowest BCUT2D eigenvalue weighted by molar-refractivity contribution is -0.120. The number of nitrogens with one attached hydrogen (secondary N) is 1. The topological polar surface area (TPSA) is 54.4 Å². The summed E-state index contributed by atoms with van der Waals surface area (Å²) in [5.74, 6) is 0.000283. The van der Waals surface area contributed by atoms with Crippen molar-refractivity contribution in [3.8, 4) is 0 Å². The van der Waals surface area contributed by atoms with Crippen molar-refractivity contribution in [3.05, 3.63) is 24.5 Å². The molecule has 4 nitrogen and oxygen atoms in total. The quantitative estimate of drug-likeness (QED) is 0.785. The Morgan fingerprint density at radius 3 is 2.60 bits per heavy atom. The number of amides is 1. The smallest absolute Gasteiger partial charge is 0.242 e. The molecule has 78 valence electrons. The van der Waals surface area contributed by atoms with Crippen molar-refractivity contribution >= 4 is 28.5 Å². The van der Waals surface area contributed by atoms with E-state index in [0.717, 1.165) is 5.69 Å². The number of rotatable bonds is 1. The molecule has 1 aromatic rings. The van der Waals surface area contributed by atoms with Crippen molar-refractivity contribution in [2.75, 3.05) is 0 Å². The zero-order valence-corrected chi connectivity index (χ0v) is 9.34. The number of aliphatic imine (C=N–C) groups is 1. The van der Waals surface area contributed by atoms with Gasteiger partial charge in [-0.1, -0.05) is 11.8 Å². The first-order chi connectivity index (χ1) is 7.08. The van der Waals surface area contributed by atoms with Crippen molar-refractivity contribution in [1.29, 1.82) is 0 Å². The second-order valence-electron chi connectivity index (χ2n) is 3.69. The molecular weight excluding hydrogens is 210 g/mol. The Kier molecular flexibility index (Phi) is 2.48. The zero-order chi connectivity index (χ0) is 10.9. The Labute approximate surface area is 92.2 Å². The minimum absolute atomic E-state index is 0.000283. The highest BCUT2D eigenvalue weighted by atomic mass is 32.2. The molecule has 0 unspecified atom stereocenters. The van der Waals surface area contributed by atoms with E-state index in [1.54, 1.807) is 24.5 Å². The maximum Gasteiger partial charge on any atom is 0.242 e. The molecule has 0 bridgehead atoms. The van der Waals surface area contributed by atoms with Crippen molar-refractivity contribution in [3.63, 3.8) is 0 Å². The Morgan fingerprint density at radius 1 is 1.40 bits per heavy atom. The van der Waals surface area contributed by atoms with E-state index in [-0.39, 0.29) is 5.91 Å². The first kappa shape index (κ1) is 10.2. The Morgan fingerprint density at radius 2 is 2.07 bits per heavy atom. The van der Waals surface area contributed by atoms with E-state index in [1.165, 1.54) is 11.8 Å². The van der Waals surface area contributed by atoms with Crippen LogP contribution in [0.3, 0.4) is 0 Å². The molecule has 0 spiro atoms. The van der Waals surface area contributed by atoms with Gasteiger partial charge in [-0.15, -0.1) is 0 Å². The van der Waals surface area contributed by atoms with E-state index in [4.69, 9.17) is 0 Å². The highest BCUT2D eigenvalue weighted by molar-refractivity contribution is 8.16. The Bertz CT molecular complexity index is 414. The van der Waals surface area contributed by atoms with Crippen LogP contribution in [0.5, 0.6) is 0 Å². The zero-order valence-electron chi connectivity index (χ0n) is 8.52. The summed E-state index contributed by atoms with van der Waals surface area (Å²) in [7, 11) is 0. The van der Waals surface area contributed by atoms with Gasteiger partial charge in [-0.2, -0.15) is 0 Å². The van der Waals surface area contributed by atoms with Crippen LogP contribution in [-0.4, -0.2) is 20.8 Å². The monoisotopic (exact) mass is 221 g/mol. The third-order valence-corrected chi connectivity index (χ3v) is 3.09. The van der Waals surface area contributed by atoms with Gasteiger partial charge in [-0.3, -0.25) is 9.78 Å². The molecule has 1 saturated heterocycles. The lowest BCUT2D eigenvalue weighted by Gasteiger charge is -2.08.